The van der Waals surface area contributed by atoms with E-state index < -0.39 is 17.8 Å². The number of rotatable bonds is 10. The maximum Gasteiger partial charge on any atom is 0.416 e. The van der Waals surface area contributed by atoms with Crippen molar-refractivity contribution in [3.8, 4) is 5.75 Å². The van der Waals surface area contributed by atoms with Gasteiger partial charge in [-0.25, -0.2) is 4.79 Å². The van der Waals surface area contributed by atoms with E-state index in [0.717, 1.165) is 67.3 Å². The summed E-state index contributed by atoms with van der Waals surface area (Å²) in [6, 6.07) is 14.2. The van der Waals surface area contributed by atoms with Gasteiger partial charge in [-0.05, 0) is 75.0 Å². The van der Waals surface area contributed by atoms with E-state index in [4.69, 9.17) is 16.3 Å². The van der Waals surface area contributed by atoms with Crippen LogP contribution in [0.4, 0.5) is 18.0 Å². The summed E-state index contributed by atoms with van der Waals surface area (Å²) in [7, 11) is 1.85. The van der Waals surface area contributed by atoms with Gasteiger partial charge in [0.15, 0.2) is 0 Å². The summed E-state index contributed by atoms with van der Waals surface area (Å²) in [6.45, 7) is 3.12. The van der Waals surface area contributed by atoms with Crippen LogP contribution in [0.5, 0.6) is 5.75 Å². The van der Waals surface area contributed by atoms with Gasteiger partial charge in [-0.1, -0.05) is 37.3 Å². The fourth-order valence-corrected chi connectivity index (χ4v) is 4.20. The van der Waals surface area contributed by atoms with Gasteiger partial charge in [0.1, 0.15) is 11.9 Å². The molecule has 2 N–H and O–H groups in total. The van der Waals surface area contributed by atoms with Crippen LogP contribution in [0, 0.1) is 10.8 Å². The standard InChI is InChI=1S/C17H18F3NO.C10H18ClN3O2.ClH/c1-21-12-11-16(13-5-3-2-4-6-13)22-15-9-7-14(8-10-15)17(18,19)20;1-8-2-4-9(5-3-8)12-10(15)14(13-16)7-6-11;/h2-10,16,21H,11-12H2,1H3;8-9H,2-7H2,1H3,(H,12,15);1H. The van der Waals surface area contributed by atoms with Gasteiger partial charge in [0.05, 0.1) is 17.4 Å². The zero-order chi connectivity index (χ0) is 28.0. The number of nitroso groups, excluding NO2 is 1. The molecule has 0 heterocycles. The van der Waals surface area contributed by atoms with Gasteiger partial charge < -0.3 is 15.4 Å². The van der Waals surface area contributed by atoms with Crippen LogP contribution in [0.15, 0.2) is 59.9 Å². The van der Waals surface area contributed by atoms with E-state index in [0.29, 0.717) is 5.75 Å². The third-order valence-corrected chi connectivity index (χ3v) is 6.43. The number of amides is 2. The topological polar surface area (TPSA) is 83.0 Å². The number of carbonyl (C=O) groups excluding carboxylic acids is 1. The predicted molar refractivity (Wildman–Crippen MR) is 150 cm³/mol. The summed E-state index contributed by atoms with van der Waals surface area (Å²) in [5.74, 6) is 1.37. The Morgan fingerprint density at radius 3 is 2.23 bits per heavy atom. The number of carbonyl (C=O) groups is 1. The molecule has 1 atom stereocenters. The molecule has 1 aliphatic carbocycles. The van der Waals surface area contributed by atoms with E-state index in [1.54, 1.807) is 0 Å². The third kappa shape index (κ3) is 12.4. The molecular formula is C27H37Cl2F3N4O3. The molecule has 0 saturated heterocycles. The summed E-state index contributed by atoms with van der Waals surface area (Å²) in [5, 5.41) is 9.35. The predicted octanol–water partition coefficient (Wildman–Crippen LogP) is 7.35. The molecule has 1 aliphatic rings. The fourth-order valence-electron chi connectivity index (χ4n) is 4.04. The van der Waals surface area contributed by atoms with Crippen LogP contribution in [0.1, 0.15) is 56.3 Å². The van der Waals surface area contributed by atoms with Crippen molar-refractivity contribution in [3.05, 3.63) is 70.6 Å². The molecule has 0 radical (unpaired) electrons. The van der Waals surface area contributed by atoms with E-state index in [1.165, 1.54) is 12.1 Å². The Labute approximate surface area is 239 Å². The van der Waals surface area contributed by atoms with Gasteiger partial charge in [-0.3, -0.25) is 0 Å². The SMILES string of the molecule is CC1CCC(NC(=O)N(CCCl)N=O)CC1.CNCCC(Oc1ccc(C(F)(F)F)cc1)c1ccccc1.Cl. The largest absolute Gasteiger partial charge is 0.486 e. The maximum atomic E-state index is 12.6. The quantitative estimate of drug-likeness (QED) is 0.171. The highest BCUT2D eigenvalue weighted by Crippen LogP contribution is 2.32. The molecule has 0 bridgehead atoms. The van der Waals surface area contributed by atoms with Crippen LogP contribution in [-0.2, 0) is 6.18 Å². The van der Waals surface area contributed by atoms with Gasteiger partial charge in [0, 0.05) is 18.3 Å². The number of nitrogens with one attached hydrogen (secondary N) is 2. The molecule has 218 valence electrons. The van der Waals surface area contributed by atoms with Crippen molar-refractivity contribution < 1.29 is 22.7 Å². The number of ether oxygens (including phenoxy) is 1. The maximum absolute atomic E-state index is 12.6. The minimum atomic E-state index is -4.33. The number of nitrogens with zero attached hydrogens (tertiary/aromatic N) is 2. The molecule has 3 rings (SSSR count). The van der Waals surface area contributed by atoms with Crippen LogP contribution in [-0.4, -0.2) is 43.1 Å². The van der Waals surface area contributed by atoms with Gasteiger partial charge in [-0.15, -0.1) is 28.9 Å². The van der Waals surface area contributed by atoms with E-state index in [-0.39, 0.29) is 37.0 Å². The van der Waals surface area contributed by atoms with Crippen molar-refractivity contribution >= 4 is 30.0 Å². The van der Waals surface area contributed by atoms with Gasteiger partial charge in [0.2, 0.25) is 0 Å². The van der Waals surface area contributed by atoms with Crippen LogP contribution in [0.3, 0.4) is 0 Å². The number of hydrogen-bond donors (Lipinski definition) is 2. The van der Waals surface area contributed by atoms with Crippen LogP contribution in [0.25, 0.3) is 0 Å². The Morgan fingerprint density at radius 1 is 1.10 bits per heavy atom. The Balaban J connectivity index is 0.000000399. The van der Waals surface area contributed by atoms with Gasteiger partial charge in [-0.2, -0.15) is 18.2 Å². The highest BCUT2D eigenvalue weighted by Gasteiger charge is 2.30. The summed E-state index contributed by atoms with van der Waals surface area (Å²) in [4.78, 5) is 22.0. The lowest BCUT2D eigenvalue weighted by molar-refractivity contribution is -0.137. The first-order chi connectivity index (χ1) is 18.2. The van der Waals surface area contributed by atoms with Crippen molar-refractivity contribution in [1.29, 1.82) is 0 Å². The summed E-state index contributed by atoms with van der Waals surface area (Å²) >= 11 is 5.46. The molecule has 0 aromatic heterocycles. The Morgan fingerprint density at radius 2 is 1.72 bits per heavy atom. The molecule has 7 nitrogen and oxygen atoms in total. The molecule has 0 spiro atoms. The van der Waals surface area contributed by atoms with Crippen molar-refractivity contribution in [1.82, 2.24) is 15.6 Å². The zero-order valence-corrected chi connectivity index (χ0v) is 23.7. The second kappa shape index (κ2) is 17.9. The van der Waals surface area contributed by atoms with Crippen LogP contribution in [0.2, 0.25) is 0 Å². The first-order valence-corrected chi connectivity index (χ1v) is 13.2. The van der Waals surface area contributed by atoms with Gasteiger partial charge in [0.25, 0.3) is 0 Å². The molecular weight excluding hydrogens is 556 g/mol. The molecule has 2 aromatic rings. The molecule has 1 fully saturated rings. The van der Waals surface area contributed by atoms with Crippen LogP contribution < -0.4 is 15.4 Å². The minimum absolute atomic E-state index is 0. The molecule has 1 saturated carbocycles. The smallest absolute Gasteiger partial charge is 0.416 e. The molecule has 1 unspecified atom stereocenters. The molecule has 12 heteroatoms. The Kier molecular flexibility index (Phi) is 15.8. The van der Waals surface area contributed by atoms with E-state index >= 15 is 0 Å². The number of urea groups is 1. The summed E-state index contributed by atoms with van der Waals surface area (Å²) in [6.07, 6.45) is 0.376. The molecule has 39 heavy (non-hydrogen) atoms. The third-order valence-electron chi connectivity index (χ3n) is 6.26. The average Bonchev–Trinajstić information content (AvgIpc) is 2.91. The van der Waals surface area contributed by atoms with Gasteiger partial charge >= 0.3 is 12.2 Å². The highest BCUT2D eigenvalue weighted by molar-refractivity contribution is 6.18. The normalized spacial score (nSPS) is 17.5. The zero-order valence-electron chi connectivity index (χ0n) is 22.1. The van der Waals surface area contributed by atoms with Crippen molar-refractivity contribution in [2.45, 2.75) is 57.3 Å². The average molecular weight is 594 g/mol. The molecule has 0 aliphatic heterocycles. The van der Waals surface area contributed by atoms with E-state index in [9.17, 15) is 22.9 Å². The summed E-state index contributed by atoms with van der Waals surface area (Å²) in [5.41, 5.74) is 0.323. The fraction of sp³-hybridized carbons (Fsp3) is 0.519. The highest BCUT2D eigenvalue weighted by atomic mass is 35.5. The Hall–Kier alpha value is -2.56. The van der Waals surface area contributed by atoms with E-state index in [2.05, 4.69) is 22.8 Å². The number of benzene rings is 2. The monoisotopic (exact) mass is 592 g/mol. The minimum Gasteiger partial charge on any atom is -0.486 e. The molecule has 2 aromatic carbocycles. The first kappa shape index (κ1) is 34.5. The number of hydrogen-bond acceptors (Lipinski definition) is 5. The molecule has 2 amide bonds. The Bertz CT molecular complexity index is 961. The van der Waals surface area contributed by atoms with Crippen molar-refractivity contribution in [2.24, 2.45) is 11.2 Å². The second-order valence-corrected chi connectivity index (χ2v) is 9.61. The first-order valence-electron chi connectivity index (χ1n) is 12.7. The van der Waals surface area contributed by atoms with Crippen LogP contribution >= 0.6 is 24.0 Å². The second-order valence-electron chi connectivity index (χ2n) is 9.23. The van der Waals surface area contributed by atoms with Crippen molar-refractivity contribution in [2.75, 3.05) is 26.0 Å². The summed E-state index contributed by atoms with van der Waals surface area (Å²) < 4.78 is 43.6. The van der Waals surface area contributed by atoms with Crippen molar-refractivity contribution in [3.63, 3.8) is 0 Å². The number of halogens is 5. The lowest BCUT2D eigenvalue weighted by atomic mass is 9.87. The lowest BCUT2D eigenvalue weighted by Crippen LogP contribution is -2.44. The number of alkyl halides is 4. The lowest BCUT2D eigenvalue weighted by Gasteiger charge is -2.27. The van der Waals surface area contributed by atoms with E-state index in [1.807, 2.05) is 37.4 Å².